The molecule has 0 rings (SSSR count). The lowest BCUT2D eigenvalue weighted by Gasteiger charge is -1.46. The summed E-state index contributed by atoms with van der Waals surface area (Å²) in [5.41, 5.74) is 0. The first-order chi connectivity index (χ1) is 7.07. The van der Waals surface area contributed by atoms with Crippen LogP contribution in [0.15, 0.2) is 0 Å². The van der Waals surface area contributed by atoms with Crippen LogP contribution in [0.1, 0.15) is 0 Å². The number of rotatable bonds is 0. The van der Waals surface area contributed by atoms with Crippen molar-refractivity contribution < 1.29 is 50.2 Å². The second kappa shape index (κ2) is 583. The molecule has 0 aromatic carbocycles. The number of hydrogen-bond donors (Lipinski definition) is 20. The van der Waals surface area contributed by atoms with Crippen LogP contribution in [0, 0.1) is 0 Å². The Hall–Kier alpha value is -0.475. The molecule has 0 spiro atoms. The molecule has 0 aromatic heterocycles. The van der Waals surface area contributed by atoms with E-state index in [0.29, 0.717) is 0 Å². The van der Waals surface area contributed by atoms with Gasteiger partial charge < -0.3 is 112 Å². The lowest BCUT2D eigenvalue weighted by atomic mass is 10.5. The fraction of sp³-hybridized carbons (Fsp3) is 0. The summed E-state index contributed by atoms with van der Waals surface area (Å²) in [4.78, 5) is 0. The largest absolute Gasteiger partial charge is 0.482 e. The molecule has 0 saturated carbocycles. The molecule has 0 aliphatic heterocycles. The zero-order valence-electron chi connectivity index (χ0n) is 14.4. The van der Waals surface area contributed by atoms with Crippen LogP contribution in [0.4, 0.5) is 0 Å². The monoisotopic (exact) mass is 395 g/mol. The van der Waals surface area contributed by atoms with Crippen molar-refractivity contribution in [3.63, 3.8) is 0 Å². The molecule has 0 aliphatic carbocycles. The van der Waals surface area contributed by atoms with E-state index in [0.717, 1.165) is 0 Å². The first kappa shape index (κ1) is 150. The van der Waals surface area contributed by atoms with E-state index < -0.39 is 0 Å². The van der Waals surface area contributed by atoms with Crippen LogP contribution in [-0.4, -0.2) is 88.7 Å². The molecule has 0 fully saturated rings. The SMILES string of the molecule is N.N.N.N.N.N.N.N.N.N.O[B]O.O[B]O.O[B]O.O[B]O.O[B]O. The molecule has 5 radical (unpaired) electrons. The van der Waals surface area contributed by atoms with Gasteiger partial charge in [0.15, 0.2) is 0 Å². The maximum absolute atomic E-state index is 7.00. The third-order valence-corrected chi connectivity index (χ3v) is 0. The minimum absolute atomic E-state index is 0. The minimum atomic E-state index is 0. The van der Waals surface area contributed by atoms with E-state index in [-0.39, 0.29) is 99.9 Å². The predicted octanol–water partition coefficient (Wildman–Crippen LogP) is -5.85. The Labute approximate surface area is 151 Å². The fourth-order valence-electron chi connectivity index (χ4n) is 0. The van der Waals surface area contributed by atoms with Crippen LogP contribution in [0.2, 0.25) is 0 Å². The lowest BCUT2D eigenvalue weighted by molar-refractivity contribution is 0.447. The Morgan fingerprint density at radius 1 is 0.200 bits per heavy atom. The second-order valence-corrected chi connectivity index (χ2v) is 0.577. The molecule has 40 N–H and O–H groups in total. The van der Waals surface area contributed by atoms with Gasteiger partial charge in [-0.05, 0) is 0 Å². The van der Waals surface area contributed by atoms with E-state index >= 15 is 0 Å². The van der Waals surface area contributed by atoms with Crippen molar-refractivity contribution in [1.82, 2.24) is 61.5 Å². The quantitative estimate of drug-likeness (QED) is 0.170. The number of hydrogen-bond acceptors (Lipinski definition) is 20. The standard InChI is InChI=1S/5BH2O2.10H3N/c5*2-1-3;;;;;;;;;;/h5*2-3H;10*1H3. The molecular formula is H40B5N10O10. The Balaban J connectivity index is -0.00000000350. The third kappa shape index (κ3) is 48200. The zero-order valence-corrected chi connectivity index (χ0v) is 14.4. The van der Waals surface area contributed by atoms with Gasteiger partial charge in [-0.2, -0.15) is 0 Å². The van der Waals surface area contributed by atoms with Gasteiger partial charge in [0.2, 0.25) is 0 Å². The molecule has 0 bridgehead atoms. The molecule has 0 unspecified atom stereocenters. The van der Waals surface area contributed by atoms with E-state index in [1.165, 1.54) is 0 Å². The van der Waals surface area contributed by atoms with E-state index in [1.54, 1.807) is 0 Å². The van der Waals surface area contributed by atoms with Crippen LogP contribution in [0.5, 0.6) is 0 Å². The Kier molecular flexibility index (Phi) is 3490. The van der Waals surface area contributed by atoms with E-state index in [1.807, 2.05) is 0 Å². The molecule has 0 heterocycles. The average molecular weight is 394 g/mol. The lowest BCUT2D eigenvalue weighted by Crippen LogP contribution is -1.75. The summed E-state index contributed by atoms with van der Waals surface area (Å²) in [5.74, 6) is 0. The fourth-order valence-corrected chi connectivity index (χ4v) is 0. The van der Waals surface area contributed by atoms with E-state index in [2.05, 4.69) is 0 Å². The second-order valence-electron chi connectivity index (χ2n) is 0.577. The summed E-state index contributed by atoms with van der Waals surface area (Å²) >= 11 is 0. The van der Waals surface area contributed by atoms with Crippen molar-refractivity contribution in [2.24, 2.45) is 0 Å². The zero-order chi connectivity index (χ0) is 13.5. The van der Waals surface area contributed by atoms with Gasteiger partial charge in [0.05, 0.1) is 0 Å². The summed E-state index contributed by atoms with van der Waals surface area (Å²) < 4.78 is 0. The maximum Gasteiger partial charge on any atom is 0.482 e. The van der Waals surface area contributed by atoms with Crippen LogP contribution < -0.4 is 61.5 Å². The van der Waals surface area contributed by atoms with E-state index in [4.69, 9.17) is 50.2 Å². The molecular weight excluding hydrogens is 354 g/mol. The van der Waals surface area contributed by atoms with Gasteiger partial charge >= 0.3 is 38.4 Å². The van der Waals surface area contributed by atoms with Gasteiger partial charge in [0.25, 0.3) is 0 Å². The summed E-state index contributed by atoms with van der Waals surface area (Å²) in [6.45, 7) is 0. The van der Waals surface area contributed by atoms with Crippen molar-refractivity contribution >= 4 is 38.4 Å². The van der Waals surface area contributed by atoms with Crippen LogP contribution in [0.3, 0.4) is 0 Å². The van der Waals surface area contributed by atoms with Gasteiger partial charge in [0.1, 0.15) is 0 Å². The predicted molar refractivity (Wildman–Crippen MR) is 101 cm³/mol. The molecule has 25 heteroatoms. The van der Waals surface area contributed by atoms with Crippen molar-refractivity contribution in [3.05, 3.63) is 0 Å². The summed E-state index contributed by atoms with van der Waals surface area (Å²) in [7, 11) is 0. The van der Waals surface area contributed by atoms with Gasteiger partial charge in [-0.3, -0.25) is 0 Å². The molecule has 0 amide bonds. The molecule has 0 saturated heterocycles. The highest BCUT2D eigenvalue weighted by Gasteiger charge is 1.52. The van der Waals surface area contributed by atoms with Crippen molar-refractivity contribution in [3.8, 4) is 0 Å². The molecule has 165 valence electrons. The Bertz CT molecular complexity index is 49.7. The Morgan fingerprint density at radius 2 is 0.200 bits per heavy atom. The molecule has 20 nitrogen and oxygen atoms in total. The van der Waals surface area contributed by atoms with Gasteiger partial charge in [-0.15, -0.1) is 0 Å². The Morgan fingerprint density at radius 3 is 0.200 bits per heavy atom. The highest BCUT2D eigenvalue weighted by atomic mass is 16.4. The summed E-state index contributed by atoms with van der Waals surface area (Å²) in [6.07, 6.45) is 0. The van der Waals surface area contributed by atoms with Gasteiger partial charge in [-0.25, -0.2) is 0 Å². The smallest absolute Gasteiger partial charge is 0.429 e. The third-order valence-electron chi connectivity index (χ3n) is 0. The molecule has 0 atom stereocenters. The first-order valence-electron chi connectivity index (χ1n) is 2.58. The van der Waals surface area contributed by atoms with Crippen molar-refractivity contribution in [2.45, 2.75) is 0 Å². The van der Waals surface area contributed by atoms with Gasteiger partial charge in [0, 0.05) is 0 Å². The van der Waals surface area contributed by atoms with Crippen LogP contribution in [-0.2, 0) is 0 Å². The summed E-state index contributed by atoms with van der Waals surface area (Å²) in [5, 5.41) is 70.0. The highest BCUT2D eigenvalue weighted by Crippen LogP contribution is 1.09. The highest BCUT2D eigenvalue weighted by molar-refractivity contribution is 6.14. The maximum atomic E-state index is 7.00. The summed E-state index contributed by atoms with van der Waals surface area (Å²) in [6, 6.07) is 0. The van der Waals surface area contributed by atoms with Crippen molar-refractivity contribution in [1.29, 1.82) is 0 Å². The van der Waals surface area contributed by atoms with Crippen molar-refractivity contribution in [2.75, 3.05) is 0 Å². The molecule has 0 aromatic rings. The average Bonchev–Trinajstić information content (AvgIpc) is 2.09. The van der Waals surface area contributed by atoms with Gasteiger partial charge in [-0.1, -0.05) is 0 Å². The normalized spacial score (nSPS) is 2.80. The first-order valence-corrected chi connectivity index (χ1v) is 2.58. The molecule has 0 aliphatic rings. The van der Waals surface area contributed by atoms with Crippen LogP contribution >= 0.6 is 0 Å². The van der Waals surface area contributed by atoms with E-state index in [9.17, 15) is 0 Å². The molecule has 25 heavy (non-hydrogen) atoms. The van der Waals surface area contributed by atoms with Crippen LogP contribution in [0.25, 0.3) is 0 Å². The minimum Gasteiger partial charge on any atom is -0.429 e. The topological polar surface area (TPSA) is 552 Å².